The van der Waals surface area contributed by atoms with Crippen molar-refractivity contribution in [3.63, 3.8) is 0 Å². The van der Waals surface area contributed by atoms with Crippen molar-refractivity contribution in [3.05, 3.63) is 18.2 Å². The van der Waals surface area contributed by atoms with Crippen LogP contribution in [-0.2, 0) is 10.1 Å². The lowest BCUT2D eigenvalue weighted by atomic mass is 10.3. The van der Waals surface area contributed by atoms with E-state index in [0.29, 0.717) is 5.69 Å². The summed E-state index contributed by atoms with van der Waals surface area (Å²) in [5, 5.41) is 0. The van der Waals surface area contributed by atoms with E-state index in [1.54, 1.807) is 0 Å². The lowest BCUT2D eigenvalue weighted by Crippen LogP contribution is -2.27. The second-order valence-corrected chi connectivity index (χ2v) is 6.28. The minimum atomic E-state index is -4.48. The molecule has 0 bridgehead atoms. The lowest BCUT2D eigenvalue weighted by Gasteiger charge is -2.14. The van der Waals surface area contributed by atoms with E-state index < -0.39 is 15.0 Å². The predicted molar refractivity (Wildman–Crippen MR) is 67.2 cm³/mol. The van der Waals surface area contributed by atoms with Gasteiger partial charge in [-0.15, -0.1) is 0 Å². The van der Waals surface area contributed by atoms with Crippen molar-refractivity contribution in [1.29, 1.82) is 0 Å². The number of benzene rings is 1. The van der Waals surface area contributed by atoms with Crippen LogP contribution in [0, 0.1) is 0 Å². The molecular formula is C10H19N3O3S. The molecule has 0 fully saturated rings. The van der Waals surface area contributed by atoms with Gasteiger partial charge in [-0.2, -0.15) is 0 Å². The molecule has 0 saturated heterocycles. The zero-order valence-corrected chi connectivity index (χ0v) is 11.3. The highest BCUT2D eigenvalue weighted by atomic mass is 32.2. The van der Waals surface area contributed by atoms with Crippen LogP contribution in [0.3, 0.4) is 0 Å². The van der Waals surface area contributed by atoms with Crippen LogP contribution in [-0.4, -0.2) is 45.6 Å². The fraction of sp³-hybridized carbons (Fsp3) is 0.400. The molecule has 0 unspecified atom stereocenters. The lowest BCUT2D eigenvalue weighted by molar-refractivity contribution is -0.849. The second-order valence-electron chi connectivity index (χ2n) is 4.93. The van der Waals surface area contributed by atoms with Gasteiger partial charge >= 0.3 is 0 Å². The highest BCUT2D eigenvalue weighted by Crippen LogP contribution is 2.19. The molecule has 7 heteroatoms. The number of nitrogens with two attached hydrogens (primary N) is 2. The Morgan fingerprint density at radius 3 is 1.82 bits per heavy atom. The summed E-state index contributed by atoms with van der Waals surface area (Å²) >= 11 is 0. The van der Waals surface area contributed by atoms with Crippen LogP contribution in [0.2, 0.25) is 0 Å². The molecule has 0 spiro atoms. The van der Waals surface area contributed by atoms with Crippen LogP contribution in [0.1, 0.15) is 0 Å². The van der Waals surface area contributed by atoms with Crippen LogP contribution in [0.4, 0.5) is 11.4 Å². The molecule has 4 N–H and O–H groups in total. The molecule has 98 valence electrons. The molecule has 0 aliphatic rings. The third-order valence-electron chi connectivity index (χ3n) is 1.30. The third kappa shape index (κ3) is 7.56. The topological polar surface area (TPSA) is 109 Å². The van der Waals surface area contributed by atoms with E-state index in [4.69, 9.17) is 11.5 Å². The molecule has 0 aromatic heterocycles. The van der Waals surface area contributed by atoms with Gasteiger partial charge in [-0.3, -0.25) is 0 Å². The number of anilines is 2. The molecule has 0 aliphatic heterocycles. The van der Waals surface area contributed by atoms with Gasteiger partial charge in [0.2, 0.25) is 0 Å². The molecule has 0 heterocycles. The van der Waals surface area contributed by atoms with Crippen LogP contribution < -0.4 is 11.5 Å². The number of nitrogen functional groups attached to an aromatic ring is 2. The first-order chi connectivity index (χ1) is 7.41. The first-order valence-electron chi connectivity index (χ1n) is 4.81. The molecule has 1 rings (SSSR count). The molecule has 0 aliphatic carbocycles. The summed E-state index contributed by atoms with van der Waals surface area (Å²) in [4.78, 5) is -0.434. The highest BCUT2D eigenvalue weighted by molar-refractivity contribution is 7.86. The summed E-state index contributed by atoms with van der Waals surface area (Å²) in [5.74, 6) is 0. The maximum Gasteiger partial charge on any atom is 0.126 e. The monoisotopic (exact) mass is 261 g/mol. The molecule has 6 nitrogen and oxygen atoms in total. The van der Waals surface area contributed by atoms with Crippen molar-refractivity contribution in [2.45, 2.75) is 4.90 Å². The van der Waals surface area contributed by atoms with E-state index in [9.17, 15) is 13.0 Å². The summed E-state index contributed by atoms with van der Waals surface area (Å²) < 4.78 is 32.5. The van der Waals surface area contributed by atoms with Gasteiger partial charge in [0.25, 0.3) is 0 Å². The number of hydrogen-bond donors (Lipinski definition) is 2. The molecule has 1 aromatic rings. The van der Waals surface area contributed by atoms with E-state index in [1.165, 1.54) is 12.1 Å². The maximum absolute atomic E-state index is 10.5. The average Bonchev–Trinajstić information content (AvgIpc) is 1.96. The van der Waals surface area contributed by atoms with E-state index in [2.05, 4.69) is 28.2 Å². The zero-order chi connectivity index (χ0) is 13.9. The Morgan fingerprint density at radius 2 is 1.53 bits per heavy atom. The van der Waals surface area contributed by atoms with Crippen molar-refractivity contribution >= 4 is 21.5 Å². The van der Waals surface area contributed by atoms with Crippen molar-refractivity contribution in [2.75, 3.05) is 39.7 Å². The fourth-order valence-electron chi connectivity index (χ4n) is 0.795. The first kappa shape index (κ1) is 15.7. The predicted octanol–water partition coefficient (Wildman–Crippen LogP) is 0.0775. The number of nitrogens with zero attached hydrogens (tertiary/aromatic N) is 1. The molecular weight excluding hydrogens is 242 g/mol. The standard InChI is InChI=1S/C6H8N2O3S.C4H12N/c7-4-1-2-6(5(8)3-4)12(9,10)11;1-5(2,3)4/h1-3H,7-8H2,(H,9,10,11);1-4H3/q;+1/p-1. The van der Waals surface area contributed by atoms with Gasteiger partial charge in [0.1, 0.15) is 10.1 Å². The summed E-state index contributed by atoms with van der Waals surface area (Å²) in [6, 6.07) is 3.62. The van der Waals surface area contributed by atoms with Crippen molar-refractivity contribution < 1.29 is 17.5 Å². The van der Waals surface area contributed by atoms with Gasteiger partial charge in [0.05, 0.1) is 38.8 Å². The molecule has 0 amide bonds. The zero-order valence-electron chi connectivity index (χ0n) is 10.5. The Hall–Kier alpha value is -1.31. The first-order valence-corrected chi connectivity index (χ1v) is 6.22. The SMILES string of the molecule is C[N+](C)(C)C.Nc1ccc(S(=O)(=O)[O-])c(N)c1. The highest BCUT2D eigenvalue weighted by Gasteiger charge is 2.05. The molecule has 0 radical (unpaired) electrons. The van der Waals surface area contributed by atoms with Crippen LogP contribution >= 0.6 is 0 Å². The normalized spacial score (nSPS) is 11.6. The van der Waals surface area contributed by atoms with Crippen molar-refractivity contribution in [1.82, 2.24) is 0 Å². The summed E-state index contributed by atoms with van der Waals surface area (Å²) in [6.07, 6.45) is 0. The Bertz CT molecular complexity index is 472. The number of rotatable bonds is 1. The van der Waals surface area contributed by atoms with Crippen molar-refractivity contribution in [2.24, 2.45) is 0 Å². The summed E-state index contributed by atoms with van der Waals surface area (Å²) in [7, 11) is 4.02. The average molecular weight is 261 g/mol. The van der Waals surface area contributed by atoms with E-state index in [1.807, 2.05) is 0 Å². The van der Waals surface area contributed by atoms with Gasteiger partial charge in [0.15, 0.2) is 0 Å². The molecule has 17 heavy (non-hydrogen) atoms. The second kappa shape index (κ2) is 5.35. The number of quaternary nitrogens is 1. The summed E-state index contributed by atoms with van der Waals surface area (Å²) in [5.41, 5.74) is 10.7. The van der Waals surface area contributed by atoms with Gasteiger partial charge in [-0.1, -0.05) is 0 Å². The quantitative estimate of drug-likeness (QED) is 0.422. The largest absolute Gasteiger partial charge is 0.744 e. The Balaban J connectivity index is 0.000000437. The Kier molecular flexibility index (Phi) is 4.94. The maximum atomic E-state index is 10.5. The number of hydrogen-bond acceptors (Lipinski definition) is 5. The fourth-order valence-corrected chi connectivity index (χ4v) is 1.38. The smallest absolute Gasteiger partial charge is 0.126 e. The third-order valence-corrected chi connectivity index (χ3v) is 2.21. The van der Waals surface area contributed by atoms with E-state index in [-0.39, 0.29) is 5.69 Å². The minimum absolute atomic E-state index is 0.120. The Labute approximate surface area is 102 Å². The van der Waals surface area contributed by atoms with Crippen LogP contribution in [0.25, 0.3) is 0 Å². The van der Waals surface area contributed by atoms with Gasteiger partial charge in [-0.05, 0) is 18.2 Å². The Morgan fingerprint density at radius 1 is 1.12 bits per heavy atom. The van der Waals surface area contributed by atoms with Gasteiger partial charge in [-0.25, -0.2) is 8.42 Å². The van der Waals surface area contributed by atoms with Gasteiger partial charge < -0.3 is 20.5 Å². The minimum Gasteiger partial charge on any atom is -0.744 e. The van der Waals surface area contributed by atoms with Crippen LogP contribution in [0.15, 0.2) is 23.1 Å². The van der Waals surface area contributed by atoms with Crippen molar-refractivity contribution in [3.8, 4) is 0 Å². The van der Waals surface area contributed by atoms with Gasteiger partial charge in [0, 0.05) is 5.69 Å². The molecule has 0 saturated carbocycles. The van der Waals surface area contributed by atoms with E-state index in [0.717, 1.165) is 10.5 Å². The summed E-state index contributed by atoms with van der Waals surface area (Å²) in [6.45, 7) is 0. The molecule has 1 aromatic carbocycles. The molecule has 0 atom stereocenters. The van der Waals surface area contributed by atoms with E-state index >= 15 is 0 Å². The van der Waals surface area contributed by atoms with Crippen LogP contribution in [0.5, 0.6) is 0 Å².